The van der Waals surface area contributed by atoms with Gasteiger partial charge in [-0.25, -0.2) is 0 Å². The van der Waals surface area contributed by atoms with Gasteiger partial charge in [0.2, 0.25) is 0 Å². The third-order valence-electron chi connectivity index (χ3n) is 3.20. The fraction of sp³-hybridized carbons (Fsp3) is 0.308. The number of hydrogen-bond donors (Lipinski definition) is 3. The van der Waals surface area contributed by atoms with E-state index in [1.807, 2.05) is 18.2 Å². The zero-order chi connectivity index (χ0) is 12.6. The van der Waals surface area contributed by atoms with Crippen LogP contribution in [-0.4, -0.2) is 33.9 Å². The van der Waals surface area contributed by atoms with Gasteiger partial charge in [0, 0.05) is 24.0 Å². The quantitative estimate of drug-likeness (QED) is 0.789. The number of benzene rings is 1. The van der Waals surface area contributed by atoms with Crippen molar-refractivity contribution in [3.8, 4) is 0 Å². The molecule has 1 aliphatic rings. The van der Waals surface area contributed by atoms with Crippen LogP contribution in [0.5, 0.6) is 0 Å². The largest absolute Gasteiger partial charge is 0.481 e. The average molecular weight is 262 g/mol. The number of rotatable bonds is 4. The Hall–Kier alpha value is -1.46. The molecule has 5 heteroatoms. The van der Waals surface area contributed by atoms with E-state index in [4.69, 9.17) is 5.11 Å². The van der Waals surface area contributed by atoms with Gasteiger partial charge in [-0.1, -0.05) is 30.0 Å². The van der Waals surface area contributed by atoms with Crippen LogP contribution >= 0.6 is 11.8 Å². The lowest BCUT2D eigenvalue weighted by Crippen LogP contribution is -2.57. The van der Waals surface area contributed by atoms with E-state index in [0.29, 0.717) is 0 Å². The van der Waals surface area contributed by atoms with Crippen molar-refractivity contribution in [3.05, 3.63) is 30.3 Å². The van der Waals surface area contributed by atoms with Crippen LogP contribution in [0.1, 0.15) is 6.42 Å². The van der Waals surface area contributed by atoms with Gasteiger partial charge in [0.15, 0.2) is 0 Å². The first-order valence-corrected chi connectivity index (χ1v) is 6.68. The molecule has 3 N–H and O–H groups in total. The molecule has 1 fully saturated rings. The van der Waals surface area contributed by atoms with E-state index < -0.39 is 5.97 Å². The summed E-state index contributed by atoms with van der Waals surface area (Å²) in [5.74, 6) is -0.736. The molecular formula is C13H14N2O2S. The van der Waals surface area contributed by atoms with Gasteiger partial charge < -0.3 is 15.4 Å². The van der Waals surface area contributed by atoms with Gasteiger partial charge in [-0.15, -0.1) is 0 Å². The van der Waals surface area contributed by atoms with Gasteiger partial charge in [0.1, 0.15) is 0 Å². The molecule has 1 aliphatic heterocycles. The third kappa shape index (κ3) is 2.11. The van der Waals surface area contributed by atoms with Gasteiger partial charge in [0.05, 0.1) is 16.2 Å². The second-order valence-electron chi connectivity index (χ2n) is 4.68. The van der Waals surface area contributed by atoms with Crippen LogP contribution in [0.2, 0.25) is 0 Å². The van der Waals surface area contributed by atoms with E-state index >= 15 is 0 Å². The molecule has 0 atom stereocenters. The number of nitrogens with one attached hydrogen (secondary N) is 2. The molecule has 94 valence electrons. The number of H-pyrrole nitrogens is 1. The summed E-state index contributed by atoms with van der Waals surface area (Å²) in [6.07, 6.45) is 0.194. The van der Waals surface area contributed by atoms with E-state index in [0.717, 1.165) is 29.0 Å². The summed E-state index contributed by atoms with van der Waals surface area (Å²) in [6.45, 7) is 1.50. The molecule has 1 aromatic heterocycles. The van der Waals surface area contributed by atoms with Gasteiger partial charge in [0.25, 0.3) is 0 Å². The van der Waals surface area contributed by atoms with Crippen molar-refractivity contribution in [3.63, 3.8) is 0 Å². The average Bonchev–Trinajstić information content (AvgIpc) is 2.67. The zero-order valence-corrected chi connectivity index (χ0v) is 10.6. The van der Waals surface area contributed by atoms with E-state index in [1.54, 1.807) is 11.8 Å². The van der Waals surface area contributed by atoms with E-state index in [9.17, 15) is 4.79 Å². The lowest BCUT2D eigenvalue weighted by atomic mass is 9.98. The minimum absolute atomic E-state index is 0.194. The summed E-state index contributed by atoms with van der Waals surface area (Å²) >= 11 is 1.63. The lowest BCUT2D eigenvalue weighted by Gasteiger charge is -2.40. The Morgan fingerprint density at radius 2 is 2.17 bits per heavy atom. The van der Waals surface area contributed by atoms with Gasteiger partial charge in [-0.05, 0) is 12.1 Å². The van der Waals surface area contributed by atoms with Crippen LogP contribution in [-0.2, 0) is 4.79 Å². The summed E-state index contributed by atoms with van der Waals surface area (Å²) in [5, 5.41) is 14.3. The summed E-state index contributed by atoms with van der Waals surface area (Å²) in [5.41, 5.74) is 1.10. The maximum absolute atomic E-state index is 10.9. The summed E-state index contributed by atoms with van der Waals surface area (Å²) in [6, 6.07) is 10.2. The van der Waals surface area contributed by atoms with Gasteiger partial charge >= 0.3 is 5.97 Å². The lowest BCUT2D eigenvalue weighted by molar-refractivity contribution is -0.138. The van der Waals surface area contributed by atoms with Crippen molar-refractivity contribution in [1.82, 2.24) is 10.3 Å². The second kappa shape index (κ2) is 4.33. The number of carboxylic acids is 1. The predicted molar refractivity (Wildman–Crippen MR) is 72.0 cm³/mol. The van der Waals surface area contributed by atoms with Crippen molar-refractivity contribution in [2.75, 3.05) is 13.1 Å². The highest BCUT2D eigenvalue weighted by Gasteiger charge is 2.40. The number of aromatic nitrogens is 1. The molecule has 0 bridgehead atoms. The summed E-state index contributed by atoms with van der Waals surface area (Å²) in [4.78, 5) is 14.3. The Labute approximate surface area is 109 Å². The van der Waals surface area contributed by atoms with Crippen LogP contribution in [0.25, 0.3) is 10.9 Å². The minimum Gasteiger partial charge on any atom is -0.481 e. The van der Waals surface area contributed by atoms with Crippen LogP contribution < -0.4 is 5.32 Å². The molecule has 0 saturated carbocycles. The van der Waals surface area contributed by atoms with Crippen molar-refractivity contribution >= 4 is 28.6 Å². The molecule has 18 heavy (non-hydrogen) atoms. The van der Waals surface area contributed by atoms with E-state index in [-0.39, 0.29) is 11.2 Å². The van der Waals surface area contributed by atoms with Crippen molar-refractivity contribution in [2.45, 2.75) is 16.2 Å². The number of aliphatic carboxylic acids is 1. The topological polar surface area (TPSA) is 65.1 Å². The number of carboxylic acid groups (broad SMARTS) is 1. The molecule has 3 rings (SSSR count). The molecule has 1 saturated heterocycles. The Morgan fingerprint density at radius 1 is 1.39 bits per heavy atom. The van der Waals surface area contributed by atoms with Crippen LogP contribution in [0, 0.1) is 0 Å². The minimum atomic E-state index is -0.736. The van der Waals surface area contributed by atoms with Crippen molar-refractivity contribution in [2.24, 2.45) is 0 Å². The number of fused-ring (bicyclic) bond motifs is 1. The molecule has 1 aromatic carbocycles. The number of aromatic amines is 1. The first-order chi connectivity index (χ1) is 8.67. The van der Waals surface area contributed by atoms with E-state index in [2.05, 4.69) is 22.4 Å². The number of para-hydroxylation sites is 1. The maximum Gasteiger partial charge on any atom is 0.304 e. The maximum atomic E-state index is 10.9. The Bertz CT molecular complexity index is 556. The summed E-state index contributed by atoms with van der Waals surface area (Å²) in [7, 11) is 0. The van der Waals surface area contributed by atoms with Crippen molar-refractivity contribution < 1.29 is 9.90 Å². The Morgan fingerprint density at radius 3 is 2.78 bits per heavy atom. The highest BCUT2D eigenvalue weighted by Crippen LogP contribution is 2.39. The first kappa shape index (κ1) is 11.6. The van der Waals surface area contributed by atoms with Crippen molar-refractivity contribution in [1.29, 1.82) is 0 Å². The number of thioether (sulfide) groups is 1. The van der Waals surface area contributed by atoms with Crippen LogP contribution in [0.15, 0.2) is 35.4 Å². The van der Waals surface area contributed by atoms with Gasteiger partial charge in [-0.2, -0.15) is 0 Å². The molecule has 4 nitrogen and oxygen atoms in total. The summed E-state index contributed by atoms with van der Waals surface area (Å²) < 4.78 is -0.202. The Kier molecular flexibility index (Phi) is 2.80. The molecule has 0 aliphatic carbocycles. The molecule has 0 unspecified atom stereocenters. The highest BCUT2D eigenvalue weighted by molar-refractivity contribution is 8.00. The Balaban J connectivity index is 1.84. The van der Waals surface area contributed by atoms with E-state index in [1.165, 1.54) is 0 Å². The smallest absolute Gasteiger partial charge is 0.304 e. The molecule has 2 heterocycles. The monoisotopic (exact) mass is 262 g/mol. The molecule has 2 aromatic rings. The highest BCUT2D eigenvalue weighted by atomic mass is 32.2. The molecule has 0 amide bonds. The van der Waals surface area contributed by atoms with Crippen LogP contribution in [0.3, 0.4) is 0 Å². The predicted octanol–water partition coefficient (Wildman–Crippen LogP) is 2.08. The first-order valence-electron chi connectivity index (χ1n) is 5.86. The van der Waals surface area contributed by atoms with Gasteiger partial charge in [-0.3, -0.25) is 4.79 Å². The third-order valence-corrected chi connectivity index (χ3v) is 4.51. The molecule has 0 radical (unpaired) electrons. The molecule has 0 spiro atoms. The fourth-order valence-corrected chi connectivity index (χ4v) is 3.61. The standard InChI is InChI=1S/C13H14N2O2S/c16-12(17)6-13(7-14-8-13)18-11-5-9-3-1-2-4-10(9)15-11/h1-5,14-15H,6-8H2,(H,16,17). The SMILES string of the molecule is O=C(O)CC1(Sc2cc3ccccc3[nH]2)CNC1. The number of hydrogen-bond acceptors (Lipinski definition) is 3. The molecular weight excluding hydrogens is 248 g/mol. The van der Waals surface area contributed by atoms with Crippen LogP contribution in [0.4, 0.5) is 0 Å². The number of carbonyl (C=O) groups is 1. The normalized spacial score (nSPS) is 17.6. The zero-order valence-electron chi connectivity index (χ0n) is 9.77. The second-order valence-corrected chi connectivity index (χ2v) is 6.19. The fourth-order valence-electron chi connectivity index (χ4n) is 2.25.